The zero-order valence-corrected chi connectivity index (χ0v) is 18.6. The molecular formula is C24H27N5O3. The Hall–Kier alpha value is -3.55. The molecule has 5 aliphatic rings. The molecule has 4 aliphatic heterocycles. The number of carbonyl (C=O) groups is 2. The first-order valence-electron chi connectivity index (χ1n) is 11.0. The maximum absolute atomic E-state index is 13.1. The number of fused-ring (bicyclic) bond motifs is 2. The Morgan fingerprint density at radius 3 is 2.56 bits per heavy atom. The molecule has 0 aromatic rings. The fraction of sp³-hybridized carbons (Fsp3) is 0.375. The minimum Gasteiger partial charge on any atom is -0.364 e. The summed E-state index contributed by atoms with van der Waals surface area (Å²) in [4.78, 5) is 45.9. The number of hydrogen-bond donors (Lipinski definition) is 2. The van der Waals surface area contributed by atoms with Gasteiger partial charge in [0.1, 0.15) is 0 Å². The lowest BCUT2D eigenvalue weighted by Gasteiger charge is -2.40. The Bertz CT molecular complexity index is 1300. The molecule has 2 amide bonds. The van der Waals surface area contributed by atoms with Gasteiger partial charge in [0.25, 0.3) is 5.56 Å². The fourth-order valence-electron chi connectivity index (χ4n) is 5.20. The molecule has 5 rings (SSSR count). The van der Waals surface area contributed by atoms with E-state index in [4.69, 9.17) is 0 Å². The number of aromatic amines is 1. The summed E-state index contributed by atoms with van der Waals surface area (Å²) < 4.78 is 0. The smallest absolute Gasteiger partial charge is 0.258 e. The van der Waals surface area contributed by atoms with Crippen LogP contribution in [0.2, 0.25) is 0 Å². The third-order valence-corrected chi connectivity index (χ3v) is 6.72. The average molecular weight is 434 g/mol. The number of carbonyl (C=O) groups excluding carboxylic acids is 2. The summed E-state index contributed by atoms with van der Waals surface area (Å²) in [5, 5.41) is 4.56. The molecule has 0 unspecified atom stereocenters. The Morgan fingerprint density at radius 1 is 1.12 bits per heavy atom. The highest BCUT2D eigenvalue weighted by Gasteiger charge is 2.32. The van der Waals surface area contributed by atoms with E-state index in [1.807, 2.05) is 35.2 Å². The molecule has 8 nitrogen and oxygen atoms in total. The van der Waals surface area contributed by atoms with E-state index in [9.17, 15) is 14.4 Å². The molecule has 8 heteroatoms. The van der Waals surface area contributed by atoms with Crippen LogP contribution in [0.25, 0.3) is 22.9 Å². The van der Waals surface area contributed by atoms with E-state index in [1.54, 1.807) is 6.92 Å². The zero-order chi connectivity index (χ0) is 22.6. The number of likely N-dealkylation sites (tertiary alicyclic amines) is 1. The SMILES string of the molecule is CC(=O)NC1=c2ccc3c4c([nH]c(=O)c-4c2N(C)C=C1)=CCN3C1CCN(C(C)=O)CC1. The summed E-state index contributed by atoms with van der Waals surface area (Å²) in [5.74, 6) is -0.0351. The number of H-pyrrole nitrogens is 1. The van der Waals surface area contributed by atoms with E-state index in [1.165, 1.54) is 6.92 Å². The Kier molecular flexibility index (Phi) is 4.80. The highest BCUT2D eigenvalue weighted by molar-refractivity contribution is 5.93. The second-order valence-corrected chi connectivity index (χ2v) is 8.71. The van der Waals surface area contributed by atoms with Crippen molar-refractivity contribution in [2.24, 2.45) is 0 Å². The minimum absolute atomic E-state index is 0.121. The first-order chi connectivity index (χ1) is 15.3. The van der Waals surface area contributed by atoms with Crippen LogP contribution in [-0.2, 0) is 9.59 Å². The summed E-state index contributed by atoms with van der Waals surface area (Å²) in [6.07, 6.45) is 7.58. The maximum Gasteiger partial charge on any atom is 0.258 e. The molecule has 0 radical (unpaired) electrons. The predicted octanol–water partition coefficient (Wildman–Crippen LogP) is 0.299. The zero-order valence-electron chi connectivity index (χ0n) is 18.6. The van der Waals surface area contributed by atoms with E-state index in [0.29, 0.717) is 17.8 Å². The normalized spacial score (nSPS) is 18.0. The van der Waals surface area contributed by atoms with E-state index in [0.717, 1.165) is 53.4 Å². The largest absolute Gasteiger partial charge is 0.364 e. The average Bonchev–Trinajstić information content (AvgIpc) is 2.97. The summed E-state index contributed by atoms with van der Waals surface area (Å²) in [5.41, 5.74) is 3.90. The van der Waals surface area contributed by atoms with Gasteiger partial charge in [-0.05, 0) is 37.1 Å². The van der Waals surface area contributed by atoms with Crippen LogP contribution in [-0.4, -0.2) is 54.4 Å². The molecule has 1 fully saturated rings. The van der Waals surface area contributed by atoms with Crippen LogP contribution < -0.4 is 31.2 Å². The highest BCUT2D eigenvalue weighted by atomic mass is 16.2. The quantitative estimate of drug-likeness (QED) is 0.711. The number of nitrogens with one attached hydrogen (secondary N) is 2. The van der Waals surface area contributed by atoms with Crippen LogP contribution in [0, 0.1) is 0 Å². The third-order valence-electron chi connectivity index (χ3n) is 6.72. The van der Waals surface area contributed by atoms with Gasteiger partial charge in [-0.25, -0.2) is 0 Å². The standard InChI is InChI=1S/C24H27N5O3/c1-14(30)25-18-8-10-27(3)23-17(18)4-5-20-21-19(26-24(32)22(21)23)9-13-29(20)16-6-11-28(12-7-16)15(2)31/h4-5,8-10,16H,6-7,11-13H2,1-3H3,(H,25,30)(H,26,32). The third kappa shape index (κ3) is 3.18. The van der Waals surface area contributed by atoms with Gasteiger partial charge in [0.15, 0.2) is 0 Å². The van der Waals surface area contributed by atoms with Gasteiger partial charge in [-0.1, -0.05) is 0 Å². The van der Waals surface area contributed by atoms with Gasteiger partial charge in [0.2, 0.25) is 11.8 Å². The van der Waals surface area contributed by atoms with E-state index >= 15 is 0 Å². The molecule has 0 spiro atoms. The molecular weight excluding hydrogens is 406 g/mol. The van der Waals surface area contributed by atoms with Gasteiger partial charge in [0.05, 0.1) is 16.9 Å². The van der Waals surface area contributed by atoms with Gasteiger partial charge in [-0.2, -0.15) is 0 Å². The van der Waals surface area contributed by atoms with E-state index in [2.05, 4.69) is 27.3 Å². The van der Waals surface area contributed by atoms with Crippen molar-refractivity contribution in [3.63, 3.8) is 0 Å². The van der Waals surface area contributed by atoms with Crippen molar-refractivity contribution in [3.8, 4) is 11.1 Å². The number of rotatable bonds is 2. The summed E-state index contributed by atoms with van der Waals surface area (Å²) in [6, 6.07) is 4.36. The second kappa shape index (κ2) is 7.55. The maximum atomic E-state index is 13.1. The van der Waals surface area contributed by atoms with Crippen LogP contribution in [0.1, 0.15) is 26.7 Å². The van der Waals surface area contributed by atoms with Crippen molar-refractivity contribution in [1.29, 1.82) is 0 Å². The molecule has 1 saturated heterocycles. The van der Waals surface area contributed by atoms with Crippen molar-refractivity contribution < 1.29 is 9.59 Å². The van der Waals surface area contributed by atoms with Crippen molar-refractivity contribution in [2.45, 2.75) is 32.7 Å². The van der Waals surface area contributed by atoms with Crippen LogP contribution in [0.4, 0.5) is 11.4 Å². The molecule has 1 aliphatic carbocycles. The van der Waals surface area contributed by atoms with Crippen LogP contribution in [0.5, 0.6) is 0 Å². The summed E-state index contributed by atoms with van der Waals surface area (Å²) in [7, 11) is 1.91. The van der Waals surface area contributed by atoms with Gasteiger partial charge in [0, 0.05) is 74.6 Å². The van der Waals surface area contributed by atoms with Crippen molar-refractivity contribution >= 4 is 35.0 Å². The Balaban J connectivity index is 1.68. The number of aromatic nitrogens is 1. The number of piperidine rings is 1. The van der Waals surface area contributed by atoms with E-state index < -0.39 is 0 Å². The lowest BCUT2D eigenvalue weighted by Crippen LogP contribution is -2.47. The number of anilines is 2. The number of amides is 2. The van der Waals surface area contributed by atoms with Gasteiger partial charge in [-0.15, -0.1) is 0 Å². The molecule has 4 heterocycles. The molecule has 2 N–H and O–H groups in total. The topological polar surface area (TPSA) is 88.8 Å². The van der Waals surface area contributed by atoms with Crippen LogP contribution >= 0.6 is 0 Å². The molecule has 0 bridgehead atoms. The monoisotopic (exact) mass is 433 g/mol. The lowest BCUT2D eigenvalue weighted by atomic mass is 9.98. The Morgan fingerprint density at radius 2 is 1.88 bits per heavy atom. The first-order valence-corrected chi connectivity index (χ1v) is 11.0. The van der Waals surface area contributed by atoms with Gasteiger partial charge >= 0.3 is 0 Å². The fourth-order valence-corrected chi connectivity index (χ4v) is 5.20. The molecule has 0 aromatic carbocycles. The van der Waals surface area contributed by atoms with Crippen molar-refractivity contribution in [2.75, 3.05) is 36.5 Å². The highest BCUT2D eigenvalue weighted by Crippen LogP contribution is 2.36. The summed E-state index contributed by atoms with van der Waals surface area (Å²) in [6.45, 7) is 5.30. The number of hydrogen-bond acceptors (Lipinski definition) is 5. The van der Waals surface area contributed by atoms with Crippen LogP contribution in [0.15, 0.2) is 29.2 Å². The molecule has 0 saturated carbocycles. The van der Waals surface area contributed by atoms with Gasteiger partial charge < -0.3 is 25.0 Å². The first kappa shape index (κ1) is 20.4. The lowest BCUT2D eigenvalue weighted by molar-refractivity contribution is -0.129. The predicted molar refractivity (Wildman–Crippen MR) is 125 cm³/mol. The molecule has 166 valence electrons. The molecule has 32 heavy (non-hydrogen) atoms. The molecule has 0 atom stereocenters. The van der Waals surface area contributed by atoms with Crippen LogP contribution in [0.3, 0.4) is 0 Å². The minimum atomic E-state index is -0.156. The summed E-state index contributed by atoms with van der Waals surface area (Å²) >= 11 is 0. The van der Waals surface area contributed by atoms with Gasteiger partial charge in [-0.3, -0.25) is 14.4 Å². The van der Waals surface area contributed by atoms with E-state index in [-0.39, 0.29) is 23.4 Å². The number of nitrogens with zero attached hydrogens (tertiary/aromatic N) is 3. The molecule has 0 aromatic heterocycles. The second-order valence-electron chi connectivity index (χ2n) is 8.71. The van der Waals surface area contributed by atoms with Crippen molar-refractivity contribution in [3.05, 3.63) is 45.3 Å². The Labute approximate surface area is 185 Å². The van der Waals surface area contributed by atoms with Crippen molar-refractivity contribution in [1.82, 2.24) is 15.2 Å².